The van der Waals surface area contributed by atoms with E-state index in [1.54, 1.807) is 0 Å². The second-order valence-corrected chi connectivity index (χ2v) is 2.69. The number of aliphatic hydroxyl groups is 1. The van der Waals surface area contributed by atoms with Crippen LogP contribution in [0.1, 0.15) is 12.8 Å². The zero-order chi connectivity index (χ0) is 7.72. The van der Waals surface area contributed by atoms with Crippen molar-refractivity contribution in [2.75, 3.05) is 0 Å². The van der Waals surface area contributed by atoms with Gasteiger partial charge in [-0.2, -0.15) is 0 Å². The van der Waals surface area contributed by atoms with Crippen LogP contribution in [0.2, 0.25) is 0 Å². The topological polar surface area (TPSA) is 83.6 Å². The number of carbonyl (C=O) groups is 1. The Morgan fingerprint density at radius 2 is 2.00 bits per heavy atom. The van der Waals surface area contributed by atoms with Crippen LogP contribution in [-0.4, -0.2) is 28.3 Å². The highest BCUT2D eigenvalue weighted by molar-refractivity contribution is 5.85. The Kier molecular flexibility index (Phi) is 3.78. The zero-order valence-electron chi connectivity index (χ0n) is 5.93. The Balaban J connectivity index is 0.000001000. The molecule has 2 atom stereocenters. The van der Waals surface area contributed by atoms with E-state index in [1.165, 1.54) is 0 Å². The number of hydrogen-bond acceptors (Lipinski definition) is 3. The number of carboxylic acid groups (broad SMARTS) is 1. The molecule has 5 heteroatoms. The number of aliphatic hydroxyl groups excluding tert-OH is 1. The van der Waals surface area contributed by atoms with Gasteiger partial charge in [0.25, 0.3) is 0 Å². The molecule has 0 aromatic carbocycles. The molecular weight excluding hydrogens is 170 g/mol. The van der Waals surface area contributed by atoms with Crippen LogP contribution in [0, 0.1) is 5.92 Å². The minimum absolute atomic E-state index is 0. The first-order valence-corrected chi connectivity index (χ1v) is 3.29. The van der Waals surface area contributed by atoms with Crippen molar-refractivity contribution >= 4 is 18.4 Å². The molecule has 4 N–H and O–H groups in total. The monoisotopic (exact) mass is 181 g/mol. The van der Waals surface area contributed by atoms with Crippen molar-refractivity contribution in [2.45, 2.75) is 25.0 Å². The normalized spacial score (nSPS) is 21.6. The summed E-state index contributed by atoms with van der Waals surface area (Å²) in [5.74, 6) is -0.995. The van der Waals surface area contributed by atoms with Crippen molar-refractivity contribution in [1.82, 2.24) is 0 Å². The minimum atomic E-state index is -1.13. The predicted molar refractivity (Wildman–Crippen MR) is 41.6 cm³/mol. The van der Waals surface area contributed by atoms with Gasteiger partial charge < -0.3 is 15.9 Å². The van der Waals surface area contributed by atoms with Gasteiger partial charge in [0.05, 0.1) is 6.10 Å². The van der Waals surface area contributed by atoms with E-state index in [2.05, 4.69) is 0 Å². The SMILES string of the molecule is Cl.NC(C(=O)O)C(O)C1CC1. The van der Waals surface area contributed by atoms with Gasteiger partial charge in [-0.3, -0.25) is 4.79 Å². The second-order valence-electron chi connectivity index (χ2n) is 2.69. The van der Waals surface area contributed by atoms with Crippen LogP contribution in [0.3, 0.4) is 0 Å². The molecule has 0 radical (unpaired) electrons. The average molecular weight is 182 g/mol. The highest BCUT2D eigenvalue weighted by Crippen LogP contribution is 2.33. The largest absolute Gasteiger partial charge is 0.480 e. The Bertz CT molecular complexity index is 149. The summed E-state index contributed by atoms with van der Waals surface area (Å²) in [4.78, 5) is 10.2. The van der Waals surface area contributed by atoms with Gasteiger partial charge in [0.1, 0.15) is 6.04 Å². The van der Waals surface area contributed by atoms with Crippen molar-refractivity contribution in [3.63, 3.8) is 0 Å². The summed E-state index contributed by atoms with van der Waals surface area (Å²) in [6.07, 6.45) is 0.960. The van der Waals surface area contributed by atoms with E-state index in [-0.39, 0.29) is 18.3 Å². The molecule has 1 rings (SSSR count). The standard InChI is InChI=1S/C6H11NO3.ClH/c7-4(6(9)10)5(8)3-1-2-3;/h3-5,8H,1-2,7H2,(H,9,10);1H. The fourth-order valence-corrected chi connectivity index (χ4v) is 0.877. The first kappa shape index (κ1) is 10.7. The van der Waals surface area contributed by atoms with Crippen molar-refractivity contribution in [3.8, 4) is 0 Å². The van der Waals surface area contributed by atoms with Crippen LogP contribution in [0.25, 0.3) is 0 Å². The van der Waals surface area contributed by atoms with E-state index in [1.807, 2.05) is 0 Å². The maximum Gasteiger partial charge on any atom is 0.323 e. The summed E-state index contributed by atoms with van der Waals surface area (Å²) in [5.41, 5.74) is 5.15. The minimum Gasteiger partial charge on any atom is -0.480 e. The molecule has 2 unspecified atom stereocenters. The molecule has 0 spiro atoms. The molecule has 0 heterocycles. The first-order chi connectivity index (χ1) is 4.63. The molecule has 11 heavy (non-hydrogen) atoms. The summed E-state index contributed by atoms with van der Waals surface area (Å²) in [7, 11) is 0. The van der Waals surface area contributed by atoms with Crippen LogP contribution in [0.15, 0.2) is 0 Å². The summed E-state index contributed by atoms with van der Waals surface area (Å²) < 4.78 is 0. The molecule has 66 valence electrons. The molecular formula is C6H12ClNO3. The van der Waals surface area contributed by atoms with Gasteiger partial charge in [-0.05, 0) is 18.8 Å². The van der Waals surface area contributed by atoms with Crippen LogP contribution in [0.4, 0.5) is 0 Å². The molecule has 0 bridgehead atoms. The lowest BCUT2D eigenvalue weighted by atomic mass is 10.1. The van der Waals surface area contributed by atoms with Crippen LogP contribution >= 0.6 is 12.4 Å². The lowest BCUT2D eigenvalue weighted by Crippen LogP contribution is -2.42. The molecule has 4 nitrogen and oxygen atoms in total. The molecule has 1 aliphatic rings. The fourth-order valence-electron chi connectivity index (χ4n) is 0.877. The van der Waals surface area contributed by atoms with E-state index in [0.29, 0.717) is 0 Å². The fraction of sp³-hybridized carbons (Fsp3) is 0.833. The van der Waals surface area contributed by atoms with Crippen LogP contribution in [0.5, 0.6) is 0 Å². The van der Waals surface area contributed by atoms with Crippen molar-refractivity contribution in [1.29, 1.82) is 0 Å². The number of rotatable bonds is 3. The van der Waals surface area contributed by atoms with E-state index in [9.17, 15) is 4.79 Å². The van der Waals surface area contributed by atoms with Gasteiger partial charge in [-0.1, -0.05) is 0 Å². The summed E-state index contributed by atoms with van der Waals surface area (Å²) >= 11 is 0. The Labute approximate surface area is 70.8 Å². The maximum absolute atomic E-state index is 10.2. The molecule has 0 aliphatic heterocycles. The van der Waals surface area contributed by atoms with E-state index in [0.717, 1.165) is 12.8 Å². The highest BCUT2D eigenvalue weighted by Gasteiger charge is 2.36. The van der Waals surface area contributed by atoms with Gasteiger partial charge >= 0.3 is 5.97 Å². The Morgan fingerprint density at radius 3 is 2.27 bits per heavy atom. The summed E-state index contributed by atoms with van der Waals surface area (Å²) in [6, 6.07) is -1.10. The zero-order valence-corrected chi connectivity index (χ0v) is 6.75. The molecule has 0 amide bonds. The summed E-state index contributed by atoms with van der Waals surface area (Å²) in [5, 5.41) is 17.5. The molecule has 1 saturated carbocycles. The van der Waals surface area contributed by atoms with Crippen molar-refractivity contribution in [2.24, 2.45) is 11.7 Å². The Hall–Kier alpha value is -0.320. The maximum atomic E-state index is 10.2. The number of halogens is 1. The van der Waals surface area contributed by atoms with Gasteiger partial charge in [0, 0.05) is 0 Å². The Morgan fingerprint density at radius 1 is 1.55 bits per heavy atom. The van der Waals surface area contributed by atoms with E-state index >= 15 is 0 Å². The second kappa shape index (κ2) is 3.90. The van der Waals surface area contributed by atoms with Crippen molar-refractivity contribution in [3.05, 3.63) is 0 Å². The number of nitrogens with two attached hydrogens (primary N) is 1. The predicted octanol–water partition coefficient (Wildman–Crippen LogP) is -0.409. The molecule has 1 fully saturated rings. The van der Waals surface area contributed by atoms with Gasteiger partial charge in [0.2, 0.25) is 0 Å². The van der Waals surface area contributed by atoms with Crippen molar-refractivity contribution < 1.29 is 15.0 Å². The third kappa shape index (κ3) is 2.65. The lowest BCUT2D eigenvalue weighted by Gasteiger charge is -2.12. The first-order valence-electron chi connectivity index (χ1n) is 3.29. The van der Waals surface area contributed by atoms with Gasteiger partial charge in [-0.25, -0.2) is 0 Å². The number of aliphatic carboxylic acids is 1. The van der Waals surface area contributed by atoms with E-state index < -0.39 is 18.1 Å². The average Bonchev–Trinajstić information content (AvgIpc) is 2.65. The molecule has 0 aromatic heterocycles. The van der Waals surface area contributed by atoms with Gasteiger partial charge in [0.15, 0.2) is 0 Å². The quantitative estimate of drug-likeness (QED) is 0.553. The smallest absolute Gasteiger partial charge is 0.323 e. The number of hydrogen-bond donors (Lipinski definition) is 3. The third-order valence-corrected chi connectivity index (χ3v) is 1.76. The van der Waals surface area contributed by atoms with Crippen LogP contribution in [-0.2, 0) is 4.79 Å². The van der Waals surface area contributed by atoms with Gasteiger partial charge in [-0.15, -0.1) is 12.4 Å². The highest BCUT2D eigenvalue weighted by atomic mass is 35.5. The lowest BCUT2D eigenvalue weighted by molar-refractivity contribution is -0.141. The third-order valence-electron chi connectivity index (χ3n) is 1.76. The number of carboxylic acids is 1. The van der Waals surface area contributed by atoms with Crippen LogP contribution < -0.4 is 5.73 Å². The molecule has 0 aromatic rings. The molecule has 0 saturated heterocycles. The van der Waals surface area contributed by atoms with E-state index in [4.69, 9.17) is 15.9 Å². The summed E-state index contributed by atoms with van der Waals surface area (Å²) in [6.45, 7) is 0. The molecule has 1 aliphatic carbocycles.